The van der Waals surface area contributed by atoms with E-state index < -0.39 is 24.2 Å². The quantitative estimate of drug-likeness (QED) is 0.870. The maximum absolute atomic E-state index is 12.7. The van der Waals surface area contributed by atoms with Crippen molar-refractivity contribution in [3.05, 3.63) is 23.0 Å². The Morgan fingerprint density at radius 3 is 2.69 bits per heavy atom. The van der Waals surface area contributed by atoms with Crippen LogP contribution in [0.1, 0.15) is 11.4 Å². The predicted octanol–water partition coefficient (Wildman–Crippen LogP) is 1.23. The minimum absolute atomic E-state index is 0.0551. The Kier molecular flexibility index (Phi) is 2.64. The van der Waals surface area contributed by atoms with Crippen molar-refractivity contribution in [2.45, 2.75) is 12.8 Å². The molecule has 2 aromatic heterocycles. The Bertz CT molecular complexity index is 478. The topological polar surface area (TPSA) is 63.8 Å². The van der Waals surface area contributed by atoms with Gasteiger partial charge in [0, 0.05) is 11.6 Å². The van der Waals surface area contributed by atoms with Crippen LogP contribution < -0.4 is 0 Å². The third-order valence-electron chi connectivity index (χ3n) is 1.76. The van der Waals surface area contributed by atoms with E-state index in [1.54, 1.807) is 0 Å². The van der Waals surface area contributed by atoms with E-state index in [0.29, 0.717) is 4.68 Å². The van der Waals surface area contributed by atoms with Crippen LogP contribution in [0.15, 0.2) is 11.6 Å². The van der Waals surface area contributed by atoms with Crippen molar-refractivity contribution in [3.63, 3.8) is 0 Å². The average Bonchev–Trinajstić information content (AvgIpc) is 2.84. The van der Waals surface area contributed by atoms with E-state index in [1.165, 1.54) is 11.6 Å². The molecule has 2 heterocycles. The third kappa shape index (κ3) is 1.78. The van der Waals surface area contributed by atoms with Crippen molar-refractivity contribution < 1.29 is 18.3 Å². The van der Waals surface area contributed by atoms with Crippen LogP contribution in [-0.4, -0.2) is 25.1 Å². The molecular formula is C7H5F3N4OS. The van der Waals surface area contributed by atoms with Crippen LogP contribution in [0.5, 0.6) is 0 Å². The van der Waals surface area contributed by atoms with E-state index in [2.05, 4.69) is 15.3 Å². The number of hydrogen-bond donors (Lipinski definition) is 1. The first kappa shape index (κ1) is 11.0. The lowest BCUT2D eigenvalue weighted by atomic mass is 10.3. The normalized spacial score (nSPS) is 12.0. The summed E-state index contributed by atoms with van der Waals surface area (Å²) >= 11 is 0.998. The van der Waals surface area contributed by atoms with Gasteiger partial charge in [-0.05, 0) is 0 Å². The number of hydrogen-bond acceptors (Lipinski definition) is 5. The second-order valence-electron chi connectivity index (χ2n) is 2.77. The van der Waals surface area contributed by atoms with Crippen LogP contribution in [0.2, 0.25) is 0 Å². The first-order chi connectivity index (χ1) is 7.54. The van der Waals surface area contributed by atoms with Crippen LogP contribution in [0, 0.1) is 0 Å². The van der Waals surface area contributed by atoms with Crippen molar-refractivity contribution in [3.8, 4) is 5.13 Å². The number of aliphatic hydroxyl groups is 1. The highest BCUT2D eigenvalue weighted by molar-refractivity contribution is 7.12. The standard InChI is InChI=1S/C7H5F3N4OS/c8-7(9,10)5-4(3-15)12-13-14(5)6-11-1-2-16-6/h1-2,15H,3H2. The fourth-order valence-electron chi connectivity index (χ4n) is 1.16. The van der Waals surface area contributed by atoms with E-state index in [1.807, 2.05) is 0 Å². The van der Waals surface area contributed by atoms with Crippen molar-refractivity contribution >= 4 is 11.3 Å². The van der Waals surface area contributed by atoms with Gasteiger partial charge >= 0.3 is 6.18 Å². The fourth-order valence-corrected chi connectivity index (χ4v) is 1.75. The number of thiazole rings is 1. The first-order valence-corrected chi connectivity index (χ1v) is 4.94. The van der Waals surface area contributed by atoms with E-state index in [4.69, 9.17) is 5.11 Å². The molecule has 0 bridgehead atoms. The lowest BCUT2D eigenvalue weighted by molar-refractivity contribution is -0.143. The van der Waals surface area contributed by atoms with Crippen molar-refractivity contribution in [2.75, 3.05) is 0 Å². The molecule has 0 saturated heterocycles. The molecule has 0 amide bonds. The molecule has 0 saturated carbocycles. The number of alkyl halides is 3. The van der Waals surface area contributed by atoms with E-state index in [-0.39, 0.29) is 5.13 Å². The first-order valence-electron chi connectivity index (χ1n) is 4.06. The summed E-state index contributed by atoms with van der Waals surface area (Å²) in [5.74, 6) is 0. The smallest absolute Gasteiger partial charge is 0.390 e. The van der Waals surface area contributed by atoms with Gasteiger partial charge in [0.1, 0.15) is 5.69 Å². The zero-order valence-electron chi connectivity index (χ0n) is 7.64. The second kappa shape index (κ2) is 3.83. The van der Waals surface area contributed by atoms with Gasteiger partial charge in [-0.2, -0.15) is 17.9 Å². The Labute approximate surface area is 91.2 Å². The molecule has 5 nitrogen and oxygen atoms in total. The fraction of sp³-hybridized carbons (Fsp3) is 0.286. The molecule has 86 valence electrons. The summed E-state index contributed by atoms with van der Waals surface area (Å²) in [6, 6.07) is 0. The zero-order chi connectivity index (χ0) is 11.8. The zero-order valence-corrected chi connectivity index (χ0v) is 8.46. The van der Waals surface area contributed by atoms with Crippen LogP contribution in [-0.2, 0) is 12.8 Å². The summed E-state index contributed by atoms with van der Waals surface area (Å²) in [5, 5.41) is 16.9. The molecule has 0 unspecified atom stereocenters. The summed E-state index contributed by atoms with van der Waals surface area (Å²) in [6.45, 7) is -0.819. The van der Waals surface area contributed by atoms with Gasteiger partial charge in [0.25, 0.3) is 0 Å². The number of nitrogens with zero attached hydrogens (tertiary/aromatic N) is 4. The Morgan fingerprint density at radius 2 is 2.19 bits per heavy atom. The molecule has 0 fully saturated rings. The SMILES string of the molecule is OCc1nnn(-c2nccs2)c1C(F)(F)F. The van der Waals surface area contributed by atoms with Crippen LogP contribution >= 0.6 is 11.3 Å². The van der Waals surface area contributed by atoms with Crippen LogP contribution in [0.25, 0.3) is 5.13 Å². The van der Waals surface area contributed by atoms with Gasteiger partial charge in [0.05, 0.1) is 6.61 Å². The van der Waals surface area contributed by atoms with Gasteiger partial charge in [0.15, 0.2) is 5.69 Å². The van der Waals surface area contributed by atoms with Gasteiger partial charge in [-0.15, -0.1) is 16.4 Å². The lowest BCUT2D eigenvalue weighted by Gasteiger charge is -2.07. The lowest BCUT2D eigenvalue weighted by Crippen LogP contribution is -2.15. The molecule has 2 aromatic rings. The third-order valence-corrected chi connectivity index (χ3v) is 2.51. The largest absolute Gasteiger partial charge is 0.435 e. The molecule has 0 radical (unpaired) electrons. The monoisotopic (exact) mass is 250 g/mol. The van der Waals surface area contributed by atoms with E-state index >= 15 is 0 Å². The average molecular weight is 250 g/mol. The van der Waals surface area contributed by atoms with Crippen molar-refractivity contribution in [1.29, 1.82) is 0 Å². The number of rotatable bonds is 2. The van der Waals surface area contributed by atoms with E-state index in [0.717, 1.165) is 11.3 Å². The highest BCUT2D eigenvalue weighted by atomic mass is 32.1. The van der Waals surface area contributed by atoms with Gasteiger partial charge in [-0.1, -0.05) is 5.21 Å². The maximum Gasteiger partial charge on any atom is 0.435 e. The summed E-state index contributed by atoms with van der Waals surface area (Å²) in [4.78, 5) is 3.71. The molecule has 0 spiro atoms. The van der Waals surface area contributed by atoms with Gasteiger partial charge in [-0.3, -0.25) is 0 Å². The van der Waals surface area contributed by atoms with Crippen molar-refractivity contribution in [1.82, 2.24) is 20.0 Å². The summed E-state index contributed by atoms with van der Waals surface area (Å²) in [6.07, 6.45) is -3.27. The molecule has 1 N–H and O–H groups in total. The molecule has 0 aliphatic rings. The molecule has 0 aromatic carbocycles. The molecule has 0 aliphatic heterocycles. The van der Waals surface area contributed by atoms with E-state index in [9.17, 15) is 13.2 Å². The second-order valence-corrected chi connectivity index (χ2v) is 3.64. The highest BCUT2D eigenvalue weighted by Gasteiger charge is 2.40. The Balaban J connectivity index is 2.59. The molecule has 16 heavy (non-hydrogen) atoms. The van der Waals surface area contributed by atoms with Crippen LogP contribution in [0.3, 0.4) is 0 Å². The summed E-state index contributed by atoms with van der Waals surface area (Å²) in [7, 11) is 0. The number of aromatic nitrogens is 4. The molecule has 2 rings (SSSR count). The molecule has 9 heteroatoms. The van der Waals surface area contributed by atoms with Crippen molar-refractivity contribution in [2.24, 2.45) is 0 Å². The Morgan fingerprint density at radius 1 is 1.44 bits per heavy atom. The van der Waals surface area contributed by atoms with Gasteiger partial charge < -0.3 is 5.11 Å². The summed E-state index contributed by atoms with van der Waals surface area (Å²) < 4.78 is 38.6. The molecule has 0 aliphatic carbocycles. The van der Waals surface area contributed by atoms with Gasteiger partial charge in [-0.25, -0.2) is 4.98 Å². The minimum atomic E-state index is -4.63. The summed E-state index contributed by atoms with van der Waals surface area (Å²) in [5.41, 5.74) is -1.60. The Hall–Kier alpha value is -1.48. The minimum Gasteiger partial charge on any atom is -0.390 e. The maximum atomic E-state index is 12.7. The number of halogens is 3. The molecular weight excluding hydrogens is 245 g/mol. The predicted molar refractivity (Wildman–Crippen MR) is 48.0 cm³/mol. The highest BCUT2D eigenvalue weighted by Crippen LogP contribution is 2.32. The number of aliphatic hydroxyl groups excluding tert-OH is 1. The van der Waals surface area contributed by atoms with Gasteiger partial charge in [0.2, 0.25) is 5.13 Å². The van der Waals surface area contributed by atoms with Crippen LogP contribution in [0.4, 0.5) is 13.2 Å². The molecule has 0 atom stereocenters.